The summed E-state index contributed by atoms with van der Waals surface area (Å²) >= 11 is 0.747. The van der Waals surface area contributed by atoms with Crippen LogP contribution in [0, 0.1) is 0 Å². The Hall–Kier alpha value is -2.55. The topological polar surface area (TPSA) is 113 Å². The number of thioether (sulfide) groups is 1. The molecule has 3 amide bonds. The van der Waals surface area contributed by atoms with Crippen molar-refractivity contribution in [1.82, 2.24) is 5.32 Å². The maximum absolute atomic E-state index is 12.3. The van der Waals surface area contributed by atoms with E-state index in [2.05, 4.69) is 5.32 Å². The van der Waals surface area contributed by atoms with Gasteiger partial charge in [0.25, 0.3) is 5.24 Å². The summed E-state index contributed by atoms with van der Waals surface area (Å²) in [6.45, 7) is -0.527. The lowest BCUT2D eigenvalue weighted by Crippen LogP contribution is -2.35. The number of nitrogens with one attached hydrogen (secondary N) is 1. The molecular weight excluding hydrogens is 324 g/mol. The van der Waals surface area contributed by atoms with Gasteiger partial charge in [0, 0.05) is 6.42 Å². The van der Waals surface area contributed by atoms with E-state index in [1.165, 1.54) is 7.11 Å². The number of amides is 3. The highest BCUT2D eigenvalue weighted by atomic mass is 32.2. The van der Waals surface area contributed by atoms with E-state index in [4.69, 9.17) is 9.84 Å². The number of rotatable bonds is 6. The normalized spacial score (nSPS) is 17.3. The molecular formula is C14H14N2O6S. The van der Waals surface area contributed by atoms with Crippen LogP contribution in [0.2, 0.25) is 0 Å². The van der Waals surface area contributed by atoms with Gasteiger partial charge in [-0.1, -0.05) is 0 Å². The van der Waals surface area contributed by atoms with E-state index in [0.29, 0.717) is 11.4 Å². The highest BCUT2D eigenvalue weighted by Crippen LogP contribution is 2.33. The van der Waals surface area contributed by atoms with Crippen molar-refractivity contribution >= 4 is 40.5 Å². The summed E-state index contributed by atoms with van der Waals surface area (Å²) < 4.78 is 5.01. The van der Waals surface area contributed by atoms with Gasteiger partial charge < -0.3 is 15.2 Å². The van der Waals surface area contributed by atoms with Crippen molar-refractivity contribution in [3.8, 4) is 5.75 Å². The summed E-state index contributed by atoms with van der Waals surface area (Å²) in [5, 5.41) is 9.32. The van der Waals surface area contributed by atoms with Crippen molar-refractivity contribution in [3.05, 3.63) is 24.3 Å². The molecule has 1 atom stereocenters. The van der Waals surface area contributed by atoms with Gasteiger partial charge in [-0.05, 0) is 36.0 Å². The maximum Gasteiger partial charge on any atom is 0.322 e. The number of hydrogen-bond donors (Lipinski definition) is 2. The van der Waals surface area contributed by atoms with Crippen LogP contribution in [0.1, 0.15) is 6.42 Å². The lowest BCUT2D eigenvalue weighted by molar-refractivity contribution is -0.137. The molecule has 2 rings (SSSR count). The molecule has 0 aromatic heterocycles. The zero-order valence-electron chi connectivity index (χ0n) is 12.1. The molecule has 0 bridgehead atoms. The Bertz CT molecular complexity index is 645. The average Bonchev–Trinajstić information content (AvgIpc) is 2.79. The Morgan fingerprint density at radius 1 is 1.30 bits per heavy atom. The van der Waals surface area contributed by atoms with Gasteiger partial charge >= 0.3 is 5.97 Å². The Morgan fingerprint density at radius 3 is 2.52 bits per heavy atom. The van der Waals surface area contributed by atoms with Gasteiger partial charge in [-0.25, -0.2) is 4.90 Å². The van der Waals surface area contributed by atoms with E-state index in [1.807, 2.05) is 0 Å². The number of imide groups is 1. The second-order valence-corrected chi connectivity index (χ2v) is 5.77. The minimum absolute atomic E-state index is 0.255. The number of ether oxygens (including phenoxy) is 1. The lowest BCUT2D eigenvalue weighted by atomic mass is 10.2. The molecule has 1 aliphatic rings. The van der Waals surface area contributed by atoms with Crippen LogP contribution in [0.15, 0.2) is 24.3 Å². The van der Waals surface area contributed by atoms with Crippen LogP contribution in [-0.2, 0) is 14.4 Å². The van der Waals surface area contributed by atoms with Crippen molar-refractivity contribution in [2.45, 2.75) is 11.7 Å². The van der Waals surface area contributed by atoms with Crippen molar-refractivity contribution in [3.63, 3.8) is 0 Å². The molecule has 1 unspecified atom stereocenters. The fourth-order valence-corrected chi connectivity index (χ4v) is 2.95. The van der Waals surface area contributed by atoms with Crippen LogP contribution in [0.4, 0.5) is 10.5 Å². The number of nitrogens with zero attached hydrogens (tertiary/aromatic N) is 1. The largest absolute Gasteiger partial charge is 0.497 e. The van der Waals surface area contributed by atoms with Crippen LogP contribution >= 0.6 is 11.8 Å². The predicted octanol–water partition coefficient (Wildman–Crippen LogP) is 0.854. The van der Waals surface area contributed by atoms with Crippen LogP contribution in [-0.4, -0.2) is 47.0 Å². The SMILES string of the molecule is COc1ccc(N2C(=O)SC(CC(=O)NCC(=O)O)C2=O)cc1. The number of carbonyl (C=O) groups is 4. The first-order chi connectivity index (χ1) is 10.9. The lowest BCUT2D eigenvalue weighted by Gasteiger charge is -2.14. The zero-order valence-corrected chi connectivity index (χ0v) is 13.0. The standard InChI is InChI=1S/C14H14N2O6S/c1-22-9-4-2-8(3-5-9)16-13(20)10(23-14(16)21)6-11(17)15-7-12(18)19/h2-5,10H,6-7H2,1H3,(H,15,17)(H,18,19). The maximum atomic E-state index is 12.3. The number of anilines is 1. The number of benzene rings is 1. The zero-order chi connectivity index (χ0) is 17.0. The minimum Gasteiger partial charge on any atom is -0.497 e. The smallest absolute Gasteiger partial charge is 0.322 e. The molecule has 2 N–H and O–H groups in total. The molecule has 1 heterocycles. The first kappa shape index (κ1) is 16.8. The van der Waals surface area contributed by atoms with Crippen LogP contribution in [0.5, 0.6) is 5.75 Å². The monoisotopic (exact) mass is 338 g/mol. The van der Waals surface area contributed by atoms with Crippen molar-refractivity contribution in [2.75, 3.05) is 18.6 Å². The van der Waals surface area contributed by atoms with Gasteiger partial charge in [-0.2, -0.15) is 0 Å². The first-order valence-corrected chi connectivity index (χ1v) is 7.47. The molecule has 23 heavy (non-hydrogen) atoms. The van der Waals surface area contributed by atoms with E-state index in [1.54, 1.807) is 24.3 Å². The van der Waals surface area contributed by atoms with Gasteiger partial charge in [0.1, 0.15) is 17.5 Å². The van der Waals surface area contributed by atoms with Gasteiger partial charge in [-0.3, -0.25) is 19.2 Å². The summed E-state index contributed by atoms with van der Waals surface area (Å²) in [5.74, 6) is -1.69. The van der Waals surface area contributed by atoms with E-state index < -0.39 is 34.8 Å². The Kier molecular flexibility index (Phi) is 5.22. The fraction of sp³-hybridized carbons (Fsp3) is 0.286. The Labute approximate surface area is 135 Å². The second-order valence-electron chi connectivity index (χ2n) is 4.62. The summed E-state index contributed by atoms with van der Waals surface area (Å²) in [5.41, 5.74) is 0.391. The molecule has 1 aliphatic heterocycles. The van der Waals surface area contributed by atoms with Crippen LogP contribution in [0.25, 0.3) is 0 Å². The molecule has 1 aromatic rings. The molecule has 9 heteroatoms. The number of hydrogen-bond acceptors (Lipinski definition) is 6. The summed E-state index contributed by atoms with van der Waals surface area (Å²) in [4.78, 5) is 47.3. The third-order valence-electron chi connectivity index (χ3n) is 3.06. The fourth-order valence-electron chi connectivity index (χ4n) is 1.97. The summed E-state index contributed by atoms with van der Waals surface area (Å²) in [6, 6.07) is 6.38. The summed E-state index contributed by atoms with van der Waals surface area (Å²) in [6.07, 6.45) is -0.255. The van der Waals surface area contributed by atoms with Crippen LogP contribution < -0.4 is 15.0 Å². The van der Waals surface area contributed by atoms with Gasteiger partial charge in [0.15, 0.2) is 0 Å². The second kappa shape index (κ2) is 7.14. The molecule has 0 spiro atoms. The van der Waals surface area contributed by atoms with Crippen molar-refractivity contribution < 1.29 is 29.0 Å². The van der Waals surface area contributed by atoms with Gasteiger partial charge in [-0.15, -0.1) is 0 Å². The average molecular weight is 338 g/mol. The van der Waals surface area contributed by atoms with Crippen LogP contribution in [0.3, 0.4) is 0 Å². The van der Waals surface area contributed by atoms with E-state index in [9.17, 15) is 19.2 Å². The minimum atomic E-state index is -1.18. The molecule has 8 nitrogen and oxygen atoms in total. The molecule has 0 radical (unpaired) electrons. The Morgan fingerprint density at radius 2 is 1.96 bits per heavy atom. The highest BCUT2D eigenvalue weighted by Gasteiger charge is 2.41. The highest BCUT2D eigenvalue weighted by molar-refractivity contribution is 8.15. The molecule has 122 valence electrons. The number of aliphatic carboxylic acids is 1. The third-order valence-corrected chi connectivity index (χ3v) is 4.10. The molecule has 1 saturated heterocycles. The predicted molar refractivity (Wildman–Crippen MR) is 82.5 cm³/mol. The number of carbonyl (C=O) groups excluding carboxylic acids is 3. The number of carboxylic acids is 1. The van der Waals surface area contributed by atoms with Gasteiger partial charge in [0.05, 0.1) is 12.8 Å². The number of methoxy groups -OCH3 is 1. The molecule has 1 fully saturated rings. The summed E-state index contributed by atoms with van der Waals surface area (Å²) in [7, 11) is 1.50. The molecule has 0 aliphatic carbocycles. The Balaban J connectivity index is 2.04. The first-order valence-electron chi connectivity index (χ1n) is 6.59. The third kappa shape index (κ3) is 4.01. The quantitative estimate of drug-likeness (QED) is 0.790. The molecule has 0 saturated carbocycles. The van der Waals surface area contributed by atoms with E-state index >= 15 is 0 Å². The van der Waals surface area contributed by atoms with Gasteiger partial charge in [0.2, 0.25) is 11.8 Å². The molecule has 1 aromatic carbocycles. The van der Waals surface area contributed by atoms with E-state index in [0.717, 1.165) is 16.7 Å². The van der Waals surface area contributed by atoms with E-state index in [-0.39, 0.29) is 6.42 Å². The van der Waals surface area contributed by atoms with Crippen molar-refractivity contribution in [2.24, 2.45) is 0 Å². The van der Waals surface area contributed by atoms with Crippen molar-refractivity contribution in [1.29, 1.82) is 0 Å². The number of carboxylic acid groups (broad SMARTS) is 1.